The van der Waals surface area contributed by atoms with Gasteiger partial charge in [0.25, 0.3) is 5.56 Å². The first-order chi connectivity index (χ1) is 13.9. The molecule has 0 radical (unpaired) electrons. The lowest BCUT2D eigenvalue weighted by Crippen LogP contribution is -2.33. The number of amides is 1. The van der Waals surface area contributed by atoms with E-state index in [4.69, 9.17) is 33.2 Å². The molecule has 4 rings (SSSR count). The molecule has 144 valence electrons. The molecule has 0 unspecified atom stereocenters. The summed E-state index contributed by atoms with van der Waals surface area (Å²) in [5.41, 5.74) is -0.607. The van der Waals surface area contributed by atoms with Crippen LogP contribution in [0.1, 0.15) is 11.3 Å². The third kappa shape index (κ3) is 3.47. The number of carbonyl (C=O) groups is 1. The van der Waals surface area contributed by atoms with Gasteiger partial charge in [0.05, 0.1) is 22.2 Å². The van der Waals surface area contributed by atoms with Gasteiger partial charge < -0.3 is 10.1 Å². The minimum absolute atomic E-state index is 0.0700. The zero-order valence-corrected chi connectivity index (χ0v) is 15.8. The molecule has 9 nitrogen and oxygen atoms in total. The number of anilines is 1. The van der Waals surface area contributed by atoms with Gasteiger partial charge >= 0.3 is 5.69 Å². The van der Waals surface area contributed by atoms with Gasteiger partial charge in [-0.2, -0.15) is 9.94 Å². The van der Waals surface area contributed by atoms with Crippen LogP contribution in [0.4, 0.5) is 5.69 Å². The van der Waals surface area contributed by atoms with Crippen LogP contribution in [0.2, 0.25) is 10.0 Å². The lowest BCUT2D eigenvalue weighted by Gasteiger charge is -2.13. The molecule has 0 saturated carbocycles. The van der Waals surface area contributed by atoms with Gasteiger partial charge in [-0.3, -0.25) is 14.6 Å². The Morgan fingerprint density at radius 2 is 1.86 bits per heavy atom. The number of nitrogens with one attached hydrogen (secondary N) is 2. The number of hydrogen-bond donors (Lipinski definition) is 2. The summed E-state index contributed by atoms with van der Waals surface area (Å²) in [5, 5.41) is 15.5. The van der Waals surface area contributed by atoms with Crippen molar-refractivity contribution in [1.29, 1.82) is 5.26 Å². The maximum Gasteiger partial charge on any atom is 0.349 e. The van der Waals surface area contributed by atoms with E-state index in [-0.39, 0.29) is 33.8 Å². The average Bonchev–Trinajstić information content (AvgIpc) is 3.04. The molecule has 2 heterocycles. The molecule has 29 heavy (non-hydrogen) atoms. The fourth-order valence-corrected chi connectivity index (χ4v) is 3.35. The molecule has 0 bridgehead atoms. The van der Waals surface area contributed by atoms with Crippen molar-refractivity contribution in [3.63, 3.8) is 0 Å². The van der Waals surface area contributed by atoms with Crippen LogP contribution in [-0.2, 0) is 11.2 Å². The molecule has 0 atom stereocenters. The quantitative estimate of drug-likeness (QED) is 0.657. The maximum atomic E-state index is 12.0. The van der Waals surface area contributed by atoms with Crippen molar-refractivity contribution in [2.75, 3.05) is 5.32 Å². The molecule has 2 aromatic carbocycles. The largest absolute Gasteiger partial charge is 0.454 e. The number of benzene rings is 2. The highest BCUT2D eigenvalue weighted by Crippen LogP contribution is 2.39. The number of nitrogens with zero attached hydrogens (tertiary/aromatic N) is 3. The Bertz CT molecular complexity index is 1320. The van der Waals surface area contributed by atoms with Gasteiger partial charge in [0, 0.05) is 5.69 Å². The Balaban J connectivity index is 1.71. The molecular formula is C18H9Cl2N5O4. The van der Waals surface area contributed by atoms with Crippen LogP contribution in [-0.4, -0.2) is 20.7 Å². The van der Waals surface area contributed by atoms with Crippen LogP contribution in [0.25, 0.3) is 5.69 Å². The van der Waals surface area contributed by atoms with Crippen molar-refractivity contribution in [3.05, 3.63) is 72.5 Å². The van der Waals surface area contributed by atoms with Crippen molar-refractivity contribution in [2.24, 2.45) is 0 Å². The summed E-state index contributed by atoms with van der Waals surface area (Å²) >= 11 is 12.6. The summed E-state index contributed by atoms with van der Waals surface area (Å²) < 4.78 is 6.56. The fraction of sp³-hybridized carbons (Fsp3) is 0.0556. The van der Waals surface area contributed by atoms with E-state index in [1.54, 1.807) is 24.3 Å². The van der Waals surface area contributed by atoms with E-state index in [1.807, 2.05) is 4.98 Å². The van der Waals surface area contributed by atoms with E-state index in [2.05, 4.69) is 10.4 Å². The van der Waals surface area contributed by atoms with Crippen LogP contribution >= 0.6 is 23.2 Å². The molecule has 1 aromatic heterocycles. The first kappa shape index (κ1) is 18.7. The molecule has 0 aliphatic carbocycles. The Hall–Kier alpha value is -3.61. The highest BCUT2D eigenvalue weighted by Gasteiger charge is 2.19. The third-order valence-corrected chi connectivity index (χ3v) is 4.64. The number of halogens is 2. The fourth-order valence-electron chi connectivity index (χ4n) is 2.80. The Morgan fingerprint density at radius 1 is 1.14 bits per heavy atom. The predicted octanol–water partition coefficient (Wildman–Crippen LogP) is 2.39. The third-order valence-electron chi connectivity index (χ3n) is 4.08. The summed E-state index contributed by atoms with van der Waals surface area (Å²) in [6.45, 7) is 0. The average molecular weight is 430 g/mol. The van der Waals surface area contributed by atoms with Gasteiger partial charge in [-0.15, -0.1) is 5.10 Å². The topological polar surface area (TPSA) is 130 Å². The minimum atomic E-state index is -0.893. The molecule has 3 aromatic rings. The van der Waals surface area contributed by atoms with E-state index in [0.717, 1.165) is 10.2 Å². The number of aromatic amines is 1. The number of H-pyrrole nitrogens is 1. The summed E-state index contributed by atoms with van der Waals surface area (Å²) in [5.74, 6) is 0.448. The van der Waals surface area contributed by atoms with Crippen LogP contribution in [0.3, 0.4) is 0 Å². The summed E-state index contributed by atoms with van der Waals surface area (Å²) in [4.78, 5) is 37.0. The number of hydrogen-bond acceptors (Lipinski definition) is 6. The molecule has 1 amide bonds. The normalized spacial score (nSPS) is 12.2. The summed E-state index contributed by atoms with van der Waals surface area (Å²) in [6.07, 6.45) is 0.245. The monoisotopic (exact) mass is 429 g/mol. The summed E-state index contributed by atoms with van der Waals surface area (Å²) in [7, 11) is 0. The molecule has 0 spiro atoms. The second-order valence-electron chi connectivity index (χ2n) is 6.02. The van der Waals surface area contributed by atoms with Crippen molar-refractivity contribution >= 4 is 34.8 Å². The van der Waals surface area contributed by atoms with Gasteiger partial charge in [0.2, 0.25) is 11.6 Å². The first-order valence-electron chi connectivity index (χ1n) is 8.09. The Kier molecular flexibility index (Phi) is 4.58. The van der Waals surface area contributed by atoms with Crippen LogP contribution in [0.5, 0.6) is 11.5 Å². The zero-order valence-electron chi connectivity index (χ0n) is 14.3. The van der Waals surface area contributed by atoms with E-state index in [9.17, 15) is 14.4 Å². The zero-order chi connectivity index (χ0) is 20.7. The number of ether oxygens (including phenoxy) is 1. The number of rotatable bonds is 3. The molecule has 1 aliphatic heterocycles. The maximum absolute atomic E-state index is 12.0. The van der Waals surface area contributed by atoms with Gasteiger partial charge in [-0.1, -0.05) is 23.2 Å². The number of aromatic nitrogens is 3. The van der Waals surface area contributed by atoms with Gasteiger partial charge in [-0.25, -0.2) is 4.79 Å². The highest BCUT2D eigenvalue weighted by atomic mass is 35.5. The molecule has 0 saturated heterocycles. The van der Waals surface area contributed by atoms with Crippen LogP contribution in [0.15, 0.2) is 39.9 Å². The van der Waals surface area contributed by atoms with Crippen LogP contribution < -0.4 is 21.3 Å². The molecule has 0 fully saturated rings. The van der Waals surface area contributed by atoms with Crippen molar-refractivity contribution in [3.8, 4) is 23.3 Å². The number of carbonyl (C=O) groups excluding carboxylic acids is 1. The first-order valence-corrected chi connectivity index (χ1v) is 8.85. The molecule has 11 heteroatoms. The lowest BCUT2D eigenvalue weighted by atomic mass is 10.1. The van der Waals surface area contributed by atoms with E-state index in [1.165, 1.54) is 12.1 Å². The van der Waals surface area contributed by atoms with Crippen LogP contribution in [0, 0.1) is 11.3 Å². The van der Waals surface area contributed by atoms with Gasteiger partial charge in [-0.05, 0) is 35.9 Å². The highest BCUT2D eigenvalue weighted by molar-refractivity contribution is 6.37. The van der Waals surface area contributed by atoms with Crippen molar-refractivity contribution < 1.29 is 9.53 Å². The number of nitriles is 1. The SMILES string of the molecule is N#Cc1nn(-c2cc(Cl)c(Oc3ccc4c(c3)CC(=O)N4)c(Cl)c2)c(=O)[nH]c1=O. The van der Waals surface area contributed by atoms with E-state index in [0.29, 0.717) is 11.4 Å². The van der Waals surface area contributed by atoms with Crippen molar-refractivity contribution in [1.82, 2.24) is 14.8 Å². The van der Waals surface area contributed by atoms with E-state index >= 15 is 0 Å². The Morgan fingerprint density at radius 3 is 2.55 bits per heavy atom. The number of fused-ring (bicyclic) bond motifs is 1. The minimum Gasteiger partial charge on any atom is -0.454 e. The molecule has 1 aliphatic rings. The second kappa shape index (κ2) is 7.09. The van der Waals surface area contributed by atoms with Crippen molar-refractivity contribution in [2.45, 2.75) is 6.42 Å². The van der Waals surface area contributed by atoms with E-state index < -0.39 is 16.9 Å². The predicted molar refractivity (Wildman–Crippen MR) is 104 cm³/mol. The summed E-state index contributed by atoms with van der Waals surface area (Å²) in [6, 6.07) is 9.36. The Labute approximate surface area is 172 Å². The second-order valence-corrected chi connectivity index (χ2v) is 6.83. The smallest absolute Gasteiger partial charge is 0.349 e. The van der Waals surface area contributed by atoms with Gasteiger partial charge in [0.15, 0.2) is 5.75 Å². The standard InChI is InChI=1S/C18H9Cl2N5O4/c19-11-5-9(25-18(28)23-17(27)14(7-21)24-25)6-12(20)16(11)29-10-1-2-13-8(3-10)4-15(26)22-13/h1-3,5-6H,4H2,(H,22,26)(H,23,27,28). The molecular weight excluding hydrogens is 421 g/mol. The molecule has 2 N–H and O–H groups in total. The van der Waals surface area contributed by atoms with Gasteiger partial charge in [0.1, 0.15) is 11.8 Å². The lowest BCUT2D eigenvalue weighted by molar-refractivity contribution is -0.115.